The molecular formula is C10H16N2O4S2. The molecule has 0 amide bonds. The highest BCUT2D eigenvalue weighted by molar-refractivity contribution is 7.91. The average molecular weight is 292 g/mol. The normalized spacial score (nSPS) is 15.3. The first-order chi connectivity index (χ1) is 8.21. The molecule has 102 valence electrons. The number of sulfonamides is 1. The molecule has 0 aliphatic rings. The van der Waals surface area contributed by atoms with Crippen LogP contribution in [0.5, 0.6) is 0 Å². The molecule has 0 fully saturated rings. The minimum absolute atomic E-state index is 0.101. The number of nitrogens with zero attached hydrogens (tertiary/aromatic N) is 1. The Hall–Kier alpha value is -0.990. The lowest BCUT2D eigenvalue weighted by Crippen LogP contribution is -2.40. The van der Waals surface area contributed by atoms with Gasteiger partial charge in [-0.25, -0.2) is 18.1 Å². The van der Waals surface area contributed by atoms with Crippen LogP contribution in [0.15, 0.2) is 10.4 Å². The Morgan fingerprint density at radius 1 is 1.61 bits per heavy atom. The molecule has 0 aromatic carbocycles. The fourth-order valence-corrected chi connectivity index (χ4v) is 3.47. The summed E-state index contributed by atoms with van der Waals surface area (Å²) < 4.78 is 26.2. The lowest BCUT2D eigenvalue weighted by Gasteiger charge is -2.22. The van der Waals surface area contributed by atoms with E-state index < -0.39 is 21.4 Å². The minimum atomic E-state index is -3.67. The summed E-state index contributed by atoms with van der Waals surface area (Å²) in [4.78, 5) is 14.9. The van der Waals surface area contributed by atoms with Gasteiger partial charge in [0.1, 0.15) is 0 Å². The maximum Gasteiger partial charge on any atom is 0.310 e. The molecule has 0 bridgehead atoms. The van der Waals surface area contributed by atoms with Crippen molar-refractivity contribution in [1.29, 1.82) is 0 Å². The van der Waals surface area contributed by atoms with Crippen LogP contribution in [-0.2, 0) is 14.8 Å². The molecule has 18 heavy (non-hydrogen) atoms. The van der Waals surface area contributed by atoms with Gasteiger partial charge in [-0.1, -0.05) is 6.92 Å². The molecule has 0 saturated heterocycles. The van der Waals surface area contributed by atoms with E-state index in [2.05, 4.69) is 9.71 Å². The average Bonchev–Trinajstić information content (AvgIpc) is 2.73. The number of hydrogen-bond acceptors (Lipinski definition) is 5. The van der Waals surface area contributed by atoms with Gasteiger partial charge < -0.3 is 5.11 Å². The molecule has 1 aromatic rings. The third-order valence-electron chi connectivity index (χ3n) is 2.81. The molecule has 1 atom stereocenters. The molecule has 0 aliphatic carbocycles. The molecule has 1 heterocycles. The van der Waals surface area contributed by atoms with Crippen LogP contribution in [0.25, 0.3) is 0 Å². The molecule has 0 aliphatic heterocycles. The SMILES string of the molecule is CCC(C)(CNS(=O)(=O)c1cnc(C)s1)C(=O)O. The van der Waals surface area contributed by atoms with Crippen molar-refractivity contribution < 1.29 is 18.3 Å². The summed E-state index contributed by atoms with van der Waals surface area (Å²) in [7, 11) is -3.67. The molecule has 1 unspecified atom stereocenters. The van der Waals surface area contributed by atoms with E-state index in [1.807, 2.05) is 0 Å². The molecule has 6 nitrogen and oxygen atoms in total. The summed E-state index contributed by atoms with van der Waals surface area (Å²) in [5.74, 6) is -1.02. The van der Waals surface area contributed by atoms with Crippen molar-refractivity contribution in [3.63, 3.8) is 0 Å². The van der Waals surface area contributed by atoms with E-state index >= 15 is 0 Å². The van der Waals surface area contributed by atoms with Crippen molar-refractivity contribution in [1.82, 2.24) is 9.71 Å². The quantitative estimate of drug-likeness (QED) is 0.822. The first-order valence-electron chi connectivity index (χ1n) is 5.37. The number of aryl methyl sites for hydroxylation is 1. The second-order valence-electron chi connectivity index (χ2n) is 4.24. The van der Waals surface area contributed by atoms with Gasteiger partial charge in [-0.05, 0) is 20.3 Å². The Labute approximate surface area is 110 Å². The lowest BCUT2D eigenvalue weighted by molar-refractivity contribution is -0.147. The summed E-state index contributed by atoms with van der Waals surface area (Å²) >= 11 is 1.05. The topological polar surface area (TPSA) is 96.4 Å². The fourth-order valence-electron chi connectivity index (χ4n) is 1.14. The van der Waals surface area contributed by atoms with Gasteiger partial charge in [0.15, 0.2) is 4.21 Å². The summed E-state index contributed by atoms with van der Waals surface area (Å²) in [6.07, 6.45) is 1.61. The zero-order chi connectivity index (χ0) is 14.0. The number of aromatic nitrogens is 1. The number of thiazole rings is 1. The number of carboxylic acid groups (broad SMARTS) is 1. The first kappa shape index (κ1) is 15.1. The summed E-state index contributed by atoms with van der Waals surface area (Å²) in [6.45, 7) is 4.78. The van der Waals surface area contributed by atoms with Gasteiger partial charge in [0.05, 0.1) is 16.6 Å². The Kier molecular flexibility index (Phi) is 4.46. The third kappa shape index (κ3) is 3.27. The van der Waals surface area contributed by atoms with Gasteiger partial charge in [0, 0.05) is 6.54 Å². The Morgan fingerprint density at radius 2 is 2.22 bits per heavy atom. The molecule has 0 radical (unpaired) electrons. The Bertz CT molecular complexity index is 538. The number of carbonyl (C=O) groups is 1. The second-order valence-corrected chi connectivity index (χ2v) is 7.47. The van der Waals surface area contributed by atoms with Crippen molar-refractivity contribution in [2.75, 3.05) is 6.54 Å². The van der Waals surface area contributed by atoms with Gasteiger partial charge in [0.2, 0.25) is 0 Å². The minimum Gasteiger partial charge on any atom is -0.481 e. The van der Waals surface area contributed by atoms with Crippen molar-refractivity contribution in [3.05, 3.63) is 11.2 Å². The van der Waals surface area contributed by atoms with Crippen LogP contribution in [0, 0.1) is 12.3 Å². The largest absolute Gasteiger partial charge is 0.481 e. The molecule has 0 saturated carbocycles. The summed E-state index contributed by atoms with van der Waals surface area (Å²) in [5.41, 5.74) is -1.10. The van der Waals surface area contributed by atoms with Gasteiger partial charge in [-0.2, -0.15) is 0 Å². The van der Waals surface area contributed by atoms with Gasteiger partial charge in [-0.15, -0.1) is 11.3 Å². The second kappa shape index (κ2) is 5.33. The predicted molar refractivity (Wildman–Crippen MR) is 68.1 cm³/mol. The van der Waals surface area contributed by atoms with Crippen LogP contribution >= 0.6 is 11.3 Å². The number of aliphatic carboxylic acids is 1. The summed E-state index contributed by atoms with van der Waals surface area (Å²) in [5, 5.41) is 9.70. The number of hydrogen-bond donors (Lipinski definition) is 2. The zero-order valence-corrected chi connectivity index (χ0v) is 12.1. The van der Waals surface area contributed by atoms with E-state index in [1.54, 1.807) is 13.8 Å². The van der Waals surface area contributed by atoms with E-state index in [1.165, 1.54) is 13.1 Å². The maximum absolute atomic E-state index is 11.9. The smallest absolute Gasteiger partial charge is 0.310 e. The molecule has 1 rings (SSSR count). The number of carboxylic acids is 1. The molecule has 0 spiro atoms. The Balaban J connectivity index is 2.83. The highest BCUT2D eigenvalue weighted by atomic mass is 32.2. The van der Waals surface area contributed by atoms with E-state index in [9.17, 15) is 13.2 Å². The highest BCUT2D eigenvalue weighted by Gasteiger charge is 2.33. The highest BCUT2D eigenvalue weighted by Crippen LogP contribution is 2.22. The van der Waals surface area contributed by atoms with Crippen LogP contribution in [-0.4, -0.2) is 31.0 Å². The van der Waals surface area contributed by atoms with Crippen LogP contribution in [0.3, 0.4) is 0 Å². The standard InChI is InChI=1S/C10H16N2O4S2/c1-4-10(3,9(13)14)6-12-18(15,16)8-5-11-7(2)17-8/h5,12H,4,6H2,1-3H3,(H,13,14). The van der Waals surface area contributed by atoms with Crippen molar-refractivity contribution in [2.45, 2.75) is 31.4 Å². The van der Waals surface area contributed by atoms with E-state index in [-0.39, 0.29) is 10.8 Å². The predicted octanol–water partition coefficient (Wildman–Crippen LogP) is 1.23. The third-order valence-corrected chi connectivity index (χ3v) is 5.59. The molecule has 8 heteroatoms. The van der Waals surface area contributed by atoms with Crippen LogP contribution in [0.1, 0.15) is 25.3 Å². The number of nitrogens with one attached hydrogen (secondary N) is 1. The van der Waals surface area contributed by atoms with Gasteiger partial charge >= 0.3 is 5.97 Å². The van der Waals surface area contributed by atoms with E-state index in [0.29, 0.717) is 11.4 Å². The van der Waals surface area contributed by atoms with Gasteiger partial charge in [0.25, 0.3) is 10.0 Å². The monoisotopic (exact) mass is 292 g/mol. The maximum atomic E-state index is 11.9. The van der Waals surface area contributed by atoms with Crippen LogP contribution in [0.4, 0.5) is 0 Å². The number of rotatable bonds is 6. The van der Waals surface area contributed by atoms with Crippen LogP contribution < -0.4 is 4.72 Å². The van der Waals surface area contributed by atoms with E-state index in [4.69, 9.17) is 5.11 Å². The fraction of sp³-hybridized carbons (Fsp3) is 0.600. The van der Waals surface area contributed by atoms with Crippen molar-refractivity contribution >= 4 is 27.3 Å². The zero-order valence-electron chi connectivity index (χ0n) is 10.4. The molecule has 2 N–H and O–H groups in total. The van der Waals surface area contributed by atoms with Gasteiger partial charge in [-0.3, -0.25) is 4.79 Å². The van der Waals surface area contributed by atoms with Crippen molar-refractivity contribution in [2.24, 2.45) is 5.41 Å². The van der Waals surface area contributed by atoms with Crippen molar-refractivity contribution in [3.8, 4) is 0 Å². The lowest BCUT2D eigenvalue weighted by atomic mass is 9.88. The van der Waals surface area contributed by atoms with E-state index in [0.717, 1.165) is 11.3 Å². The molecule has 1 aromatic heterocycles. The first-order valence-corrected chi connectivity index (χ1v) is 7.67. The summed E-state index contributed by atoms with van der Waals surface area (Å²) in [6, 6.07) is 0. The molecular weight excluding hydrogens is 276 g/mol. The van der Waals surface area contributed by atoms with Crippen LogP contribution in [0.2, 0.25) is 0 Å². The Morgan fingerprint density at radius 3 is 2.61 bits per heavy atom.